The third-order valence-electron chi connectivity index (χ3n) is 3.11. The minimum atomic E-state index is -0.789. The van der Waals surface area contributed by atoms with E-state index in [1.54, 1.807) is 19.4 Å². The summed E-state index contributed by atoms with van der Waals surface area (Å²) >= 11 is 0. The fourth-order valence-electron chi connectivity index (χ4n) is 1.87. The van der Waals surface area contributed by atoms with Gasteiger partial charge in [-0.2, -0.15) is 0 Å². The van der Waals surface area contributed by atoms with Crippen LogP contribution in [0.5, 0.6) is 0 Å². The van der Waals surface area contributed by atoms with Gasteiger partial charge in [-0.25, -0.2) is 4.39 Å². The van der Waals surface area contributed by atoms with Gasteiger partial charge in [0.15, 0.2) is 0 Å². The van der Waals surface area contributed by atoms with Crippen LogP contribution in [0.1, 0.15) is 5.56 Å². The van der Waals surface area contributed by atoms with Gasteiger partial charge in [-0.05, 0) is 42.3 Å². The zero-order valence-corrected chi connectivity index (χ0v) is 12.1. The fourth-order valence-corrected chi connectivity index (χ4v) is 1.87. The molecule has 2 aromatic rings. The monoisotopic (exact) mass is 301 g/mol. The van der Waals surface area contributed by atoms with Gasteiger partial charge in [0.2, 0.25) is 0 Å². The summed E-state index contributed by atoms with van der Waals surface area (Å²) in [6.07, 6.45) is 3.97. The molecular formula is C16H16FN3O2. The van der Waals surface area contributed by atoms with Gasteiger partial charge in [0.1, 0.15) is 5.82 Å². The van der Waals surface area contributed by atoms with Gasteiger partial charge >= 0.3 is 11.8 Å². The number of carbonyl (C=O) groups is 2. The SMILES string of the molecule is CN(CCc1ccncc1)C(=O)C(=O)Nc1cccc(F)c1. The summed E-state index contributed by atoms with van der Waals surface area (Å²) in [5, 5.41) is 2.38. The van der Waals surface area contributed by atoms with Gasteiger partial charge in [0, 0.05) is 31.7 Å². The van der Waals surface area contributed by atoms with Crippen molar-refractivity contribution in [3.05, 3.63) is 60.2 Å². The Bertz CT molecular complexity index is 661. The Kier molecular flexibility index (Phi) is 5.19. The average molecular weight is 301 g/mol. The lowest BCUT2D eigenvalue weighted by atomic mass is 10.2. The lowest BCUT2D eigenvalue weighted by molar-refractivity contribution is -0.142. The molecule has 0 saturated heterocycles. The first kappa shape index (κ1) is 15.6. The zero-order chi connectivity index (χ0) is 15.9. The molecule has 0 spiro atoms. The number of pyridine rings is 1. The van der Waals surface area contributed by atoms with Crippen LogP contribution in [0.4, 0.5) is 10.1 Å². The highest BCUT2D eigenvalue weighted by molar-refractivity contribution is 6.39. The molecule has 0 radical (unpaired) electrons. The van der Waals surface area contributed by atoms with Gasteiger partial charge in [-0.15, -0.1) is 0 Å². The van der Waals surface area contributed by atoms with E-state index in [2.05, 4.69) is 10.3 Å². The number of anilines is 1. The molecule has 0 saturated carbocycles. The first-order valence-electron chi connectivity index (χ1n) is 6.77. The van der Waals surface area contributed by atoms with Crippen LogP contribution in [0.2, 0.25) is 0 Å². The molecule has 2 rings (SSSR count). The highest BCUT2D eigenvalue weighted by Gasteiger charge is 2.18. The van der Waals surface area contributed by atoms with Crippen LogP contribution in [-0.4, -0.2) is 35.3 Å². The summed E-state index contributed by atoms with van der Waals surface area (Å²) < 4.78 is 13.0. The van der Waals surface area contributed by atoms with Crippen LogP contribution >= 0.6 is 0 Å². The van der Waals surface area contributed by atoms with E-state index in [0.29, 0.717) is 13.0 Å². The number of likely N-dealkylation sites (N-methyl/N-ethyl adjacent to an activating group) is 1. The van der Waals surface area contributed by atoms with Gasteiger partial charge in [-0.3, -0.25) is 14.6 Å². The van der Waals surface area contributed by atoms with Crippen molar-refractivity contribution in [1.82, 2.24) is 9.88 Å². The molecule has 1 aromatic carbocycles. The summed E-state index contributed by atoms with van der Waals surface area (Å²) in [7, 11) is 1.55. The van der Waals surface area contributed by atoms with E-state index in [1.807, 2.05) is 12.1 Å². The largest absolute Gasteiger partial charge is 0.337 e. The molecule has 2 amide bonds. The van der Waals surface area contributed by atoms with Crippen molar-refractivity contribution in [2.45, 2.75) is 6.42 Å². The van der Waals surface area contributed by atoms with E-state index >= 15 is 0 Å². The molecule has 1 N–H and O–H groups in total. The van der Waals surface area contributed by atoms with E-state index in [9.17, 15) is 14.0 Å². The minimum absolute atomic E-state index is 0.251. The van der Waals surface area contributed by atoms with Crippen molar-refractivity contribution >= 4 is 17.5 Å². The predicted octanol–water partition coefficient (Wildman–Crippen LogP) is 1.86. The topological polar surface area (TPSA) is 62.3 Å². The Morgan fingerprint density at radius 2 is 1.95 bits per heavy atom. The van der Waals surface area contributed by atoms with Gasteiger partial charge in [0.05, 0.1) is 0 Å². The lowest BCUT2D eigenvalue weighted by Crippen LogP contribution is -2.38. The summed E-state index contributed by atoms with van der Waals surface area (Å²) in [6.45, 7) is 0.402. The first-order chi connectivity index (χ1) is 10.6. The summed E-state index contributed by atoms with van der Waals surface area (Å²) in [4.78, 5) is 29.0. The van der Waals surface area contributed by atoms with E-state index in [-0.39, 0.29) is 5.69 Å². The molecule has 22 heavy (non-hydrogen) atoms. The molecular weight excluding hydrogens is 285 g/mol. The number of aromatic nitrogens is 1. The zero-order valence-electron chi connectivity index (χ0n) is 12.1. The molecule has 0 aliphatic carbocycles. The van der Waals surface area contributed by atoms with Crippen LogP contribution in [0.25, 0.3) is 0 Å². The fraction of sp³-hybridized carbons (Fsp3) is 0.188. The molecule has 6 heteroatoms. The van der Waals surface area contributed by atoms with Crippen LogP contribution in [-0.2, 0) is 16.0 Å². The van der Waals surface area contributed by atoms with E-state index in [1.165, 1.54) is 23.1 Å². The van der Waals surface area contributed by atoms with Gasteiger partial charge in [-0.1, -0.05) is 6.07 Å². The Balaban J connectivity index is 1.88. The summed E-state index contributed by atoms with van der Waals surface area (Å²) in [5.74, 6) is -1.93. The maximum Gasteiger partial charge on any atom is 0.313 e. The number of benzene rings is 1. The summed E-state index contributed by atoms with van der Waals surface area (Å²) in [5.41, 5.74) is 1.28. The molecule has 1 heterocycles. The number of carbonyl (C=O) groups excluding carboxylic acids is 2. The number of nitrogens with zero attached hydrogens (tertiary/aromatic N) is 2. The van der Waals surface area contributed by atoms with Crippen molar-refractivity contribution in [1.29, 1.82) is 0 Å². The normalized spacial score (nSPS) is 10.1. The number of amides is 2. The van der Waals surface area contributed by atoms with E-state index in [0.717, 1.165) is 11.6 Å². The van der Waals surface area contributed by atoms with Crippen LogP contribution in [0.3, 0.4) is 0 Å². The Labute approximate surface area is 127 Å². The second-order valence-electron chi connectivity index (χ2n) is 4.80. The van der Waals surface area contributed by atoms with Gasteiger partial charge in [0.25, 0.3) is 0 Å². The smallest absolute Gasteiger partial charge is 0.313 e. The quantitative estimate of drug-likeness (QED) is 0.877. The van der Waals surface area contributed by atoms with E-state index in [4.69, 9.17) is 0 Å². The molecule has 5 nitrogen and oxygen atoms in total. The standard InChI is InChI=1S/C16H16FN3O2/c1-20(10-7-12-5-8-18-9-6-12)16(22)15(21)19-14-4-2-3-13(17)11-14/h2-6,8-9,11H,7,10H2,1H3,(H,19,21). The number of halogens is 1. The van der Waals surface area contributed by atoms with Crippen molar-refractivity contribution in [3.8, 4) is 0 Å². The Morgan fingerprint density at radius 1 is 1.23 bits per heavy atom. The second kappa shape index (κ2) is 7.31. The third-order valence-corrected chi connectivity index (χ3v) is 3.11. The number of hydrogen-bond donors (Lipinski definition) is 1. The molecule has 0 atom stereocenters. The molecule has 0 aliphatic heterocycles. The van der Waals surface area contributed by atoms with Crippen molar-refractivity contribution in [2.24, 2.45) is 0 Å². The minimum Gasteiger partial charge on any atom is -0.337 e. The third kappa shape index (κ3) is 4.37. The molecule has 1 aromatic heterocycles. The Hall–Kier alpha value is -2.76. The van der Waals surface area contributed by atoms with E-state index < -0.39 is 17.6 Å². The van der Waals surface area contributed by atoms with Crippen LogP contribution in [0.15, 0.2) is 48.8 Å². The lowest BCUT2D eigenvalue weighted by Gasteiger charge is -2.16. The van der Waals surface area contributed by atoms with Crippen molar-refractivity contribution < 1.29 is 14.0 Å². The number of nitrogens with one attached hydrogen (secondary N) is 1. The Morgan fingerprint density at radius 3 is 2.64 bits per heavy atom. The highest BCUT2D eigenvalue weighted by atomic mass is 19.1. The maximum absolute atomic E-state index is 13.0. The molecule has 0 fully saturated rings. The highest BCUT2D eigenvalue weighted by Crippen LogP contribution is 2.09. The van der Waals surface area contributed by atoms with Crippen molar-refractivity contribution in [3.63, 3.8) is 0 Å². The molecule has 114 valence electrons. The van der Waals surface area contributed by atoms with Crippen LogP contribution in [0, 0.1) is 5.82 Å². The van der Waals surface area contributed by atoms with Crippen molar-refractivity contribution in [2.75, 3.05) is 18.9 Å². The second-order valence-corrected chi connectivity index (χ2v) is 4.80. The molecule has 0 bridgehead atoms. The number of rotatable bonds is 4. The summed E-state index contributed by atoms with van der Waals surface area (Å²) in [6, 6.07) is 9.10. The first-order valence-corrected chi connectivity index (χ1v) is 6.77. The van der Waals surface area contributed by atoms with Gasteiger partial charge < -0.3 is 10.2 Å². The average Bonchev–Trinajstić information content (AvgIpc) is 2.53. The predicted molar refractivity (Wildman–Crippen MR) is 80.6 cm³/mol. The number of hydrogen-bond acceptors (Lipinski definition) is 3. The molecule has 0 unspecified atom stereocenters. The van der Waals surface area contributed by atoms with Crippen LogP contribution < -0.4 is 5.32 Å². The maximum atomic E-state index is 13.0. The molecule has 0 aliphatic rings.